The smallest absolute Gasteiger partial charge is 0.239 e. The fourth-order valence-electron chi connectivity index (χ4n) is 3.70. The van der Waals surface area contributed by atoms with Crippen molar-refractivity contribution in [3.8, 4) is 6.07 Å². The van der Waals surface area contributed by atoms with E-state index >= 15 is 0 Å². The van der Waals surface area contributed by atoms with Crippen molar-refractivity contribution in [1.29, 1.82) is 5.26 Å². The quantitative estimate of drug-likeness (QED) is 0.884. The largest absolute Gasteiger partial charge is 0.316 e. The van der Waals surface area contributed by atoms with E-state index in [4.69, 9.17) is 5.26 Å². The Labute approximate surface area is 128 Å². The van der Waals surface area contributed by atoms with Gasteiger partial charge in [0.05, 0.1) is 12.1 Å². The number of nitrogens with one attached hydrogen (secondary N) is 2. The molecule has 3 unspecified atom stereocenters. The van der Waals surface area contributed by atoms with Crippen LogP contribution in [0.15, 0.2) is 11.4 Å². The van der Waals surface area contributed by atoms with Gasteiger partial charge < -0.3 is 10.6 Å². The summed E-state index contributed by atoms with van der Waals surface area (Å²) in [5.41, 5.74) is 0.544. The predicted octanol–water partition coefficient (Wildman–Crippen LogP) is 1.49. The molecule has 0 aliphatic carbocycles. The number of nitriles is 1. The minimum atomic E-state index is -0.0136. The molecule has 0 saturated carbocycles. The van der Waals surface area contributed by atoms with Crippen LogP contribution in [-0.4, -0.2) is 43.0 Å². The lowest BCUT2D eigenvalue weighted by Gasteiger charge is -2.26. The van der Waals surface area contributed by atoms with Gasteiger partial charge in [0.25, 0.3) is 0 Å². The van der Waals surface area contributed by atoms with Crippen molar-refractivity contribution in [1.82, 2.24) is 10.2 Å². The number of nitrogens with zero attached hydrogens (tertiary/aromatic N) is 2. The second kappa shape index (κ2) is 6.14. The Balaban J connectivity index is 1.61. The number of hydrogen-bond donors (Lipinski definition) is 2. The first-order valence-electron chi connectivity index (χ1n) is 7.45. The second-order valence-electron chi connectivity index (χ2n) is 5.81. The maximum absolute atomic E-state index is 12.2. The van der Waals surface area contributed by atoms with Crippen LogP contribution in [0.25, 0.3) is 0 Å². The summed E-state index contributed by atoms with van der Waals surface area (Å²) >= 11 is 1.40. The van der Waals surface area contributed by atoms with Gasteiger partial charge in [0.1, 0.15) is 11.1 Å². The van der Waals surface area contributed by atoms with Crippen LogP contribution in [0.4, 0.5) is 5.00 Å². The Morgan fingerprint density at radius 1 is 1.62 bits per heavy atom. The maximum Gasteiger partial charge on any atom is 0.239 e. The molecule has 1 aromatic heterocycles. The van der Waals surface area contributed by atoms with Crippen LogP contribution < -0.4 is 10.6 Å². The zero-order valence-corrected chi connectivity index (χ0v) is 12.9. The molecule has 2 aliphatic heterocycles. The van der Waals surface area contributed by atoms with Gasteiger partial charge in [-0.2, -0.15) is 5.26 Å². The van der Waals surface area contributed by atoms with Gasteiger partial charge >= 0.3 is 0 Å². The lowest BCUT2D eigenvalue weighted by atomic mass is 9.93. The molecule has 2 N–H and O–H groups in total. The van der Waals surface area contributed by atoms with Gasteiger partial charge in [0.2, 0.25) is 5.91 Å². The molecular formula is C15H20N4OS. The molecule has 3 rings (SSSR count). The fraction of sp³-hybridized carbons (Fsp3) is 0.600. The molecule has 1 aromatic rings. The Kier molecular flexibility index (Phi) is 4.24. The first-order valence-corrected chi connectivity index (χ1v) is 8.33. The average Bonchev–Trinajstić information content (AvgIpc) is 3.14. The van der Waals surface area contributed by atoms with Crippen molar-refractivity contribution >= 4 is 22.2 Å². The van der Waals surface area contributed by atoms with Crippen molar-refractivity contribution in [2.24, 2.45) is 11.8 Å². The number of likely N-dealkylation sites (tertiary alicyclic amines) is 1. The van der Waals surface area contributed by atoms with Gasteiger partial charge in [-0.15, -0.1) is 11.3 Å². The van der Waals surface area contributed by atoms with Crippen molar-refractivity contribution in [2.45, 2.75) is 19.4 Å². The summed E-state index contributed by atoms with van der Waals surface area (Å²) < 4.78 is 0. The van der Waals surface area contributed by atoms with Crippen LogP contribution in [0.5, 0.6) is 0 Å². The third-order valence-electron chi connectivity index (χ3n) is 4.63. The summed E-state index contributed by atoms with van der Waals surface area (Å²) in [6.07, 6.45) is 1.08. The minimum Gasteiger partial charge on any atom is -0.316 e. The highest BCUT2D eigenvalue weighted by Crippen LogP contribution is 2.34. The molecule has 2 aliphatic rings. The topological polar surface area (TPSA) is 68.2 Å². The highest BCUT2D eigenvalue weighted by atomic mass is 32.1. The van der Waals surface area contributed by atoms with E-state index in [9.17, 15) is 4.79 Å². The predicted molar refractivity (Wildman–Crippen MR) is 83.2 cm³/mol. The van der Waals surface area contributed by atoms with Crippen LogP contribution in [0.1, 0.15) is 18.9 Å². The van der Waals surface area contributed by atoms with E-state index in [1.807, 2.05) is 5.38 Å². The van der Waals surface area contributed by atoms with Gasteiger partial charge in [-0.05, 0) is 42.8 Å². The highest BCUT2D eigenvalue weighted by molar-refractivity contribution is 7.14. The number of thiophene rings is 1. The molecule has 112 valence electrons. The summed E-state index contributed by atoms with van der Waals surface area (Å²) in [6.45, 7) is 5.77. The summed E-state index contributed by atoms with van der Waals surface area (Å²) in [5, 5.41) is 17.8. The molecule has 0 spiro atoms. The van der Waals surface area contributed by atoms with Gasteiger partial charge in [0, 0.05) is 12.6 Å². The third kappa shape index (κ3) is 2.82. The molecule has 2 saturated heterocycles. The number of rotatable bonds is 4. The Hall–Kier alpha value is -1.42. The lowest BCUT2D eigenvalue weighted by Crippen LogP contribution is -2.40. The molecule has 6 heteroatoms. The lowest BCUT2D eigenvalue weighted by molar-refractivity contribution is -0.117. The van der Waals surface area contributed by atoms with Crippen molar-refractivity contribution in [3.05, 3.63) is 17.0 Å². The summed E-state index contributed by atoms with van der Waals surface area (Å²) in [6, 6.07) is 4.33. The molecular weight excluding hydrogens is 284 g/mol. The number of fused-ring (bicyclic) bond motifs is 1. The molecule has 1 amide bonds. The van der Waals surface area contributed by atoms with Crippen molar-refractivity contribution in [3.63, 3.8) is 0 Å². The summed E-state index contributed by atoms with van der Waals surface area (Å²) in [5.74, 6) is 1.35. The zero-order chi connectivity index (χ0) is 14.8. The molecule has 21 heavy (non-hydrogen) atoms. The zero-order valence-electron chi connectivity index (χ0n) is 12.1. The van der Waals surface area contributed by atoms with E-state index in [2.05, 4.69) is 28.5 Å². The maximum atomic E-state index is 12.2. The SMILES string of the molecule is CCC1C2CNCC2CN1CC(=O)Nc1sccc1C#N. The molecule has 0 bridgehead atoms. The standard InChI is InChI=1S/C15H20N4OS/c1-2-13-12-7-17-6-11(12)8-19(13)9-14(20)18-15-10(5-16)3-4-21-15/h3-4,11-13,17H,2,6-9H2,1H3,(H,18,20). The number of carbonyl (C=O) groups excluding carboxylic acids is 1. The second-order valence-corrected chi connectivity index (χ2v) is 6.73. The number of hydrogen-bond acceptors (Lipinski definition) is 5. The molecule has 0 aromatic carbocycles. The van der Waals surface area contributed by atoms with E-state index in [-0.39, 0.29) is 5.91 Å². The van der Waals surface area contributed by atoms with Crippen molar-refractivity contribution in [2.75, 3.05) is 31.5 Å². The molecule has 5 nitrogen and oxygen atoms in total. The fourth-order valence-corrected chi connectivity index (χ4v) is 4.45. The van der Waals surface area contributed by atoms with Crippen LogP contribution in [0.2, 0.25) is 0 Å². The Bertz CT molecular complexity index is 564. The van der Waals surface area contributed by atoms with Crippen molar-refractivity contribution < 1.29 is 4.79 Å². The molecule has 3 heterocycles. The first kappa shape index (κ1) is 14.5. The van der Waals surface area contributed by atoms with Crippen LogP contribution in [0.3, 0.4) is 0 Å². The van der Waals surface area contributed by atoms with Gasteiger partial charge in [-0.25, -0.2) is 0 Å². The van der Waals surface area contributed by atoms with E-state index in [1.165, 1.54) is 11.3 Å². The van der Waals surface area contributed by atoms with Gasteiger partial charge in [-0.3, -0.25) is 9.69 Å². The van der Waals surface area contributed by atoms with Crippen LogP contribution in [0, 0.1) is 23.2 Å². The third-order valence-corrected chi connectivity index (χ3v) is 5.46. The summed E-state index contributed by atoms with van der Waals surface area (Å²) in [4.78, 5) is 14.6. The average molecular weight is 304 g/mol. The number of amides is 1. The van der Waals surface area contributed by atoms with Gasteiger partial charge in [0.15, 0.2) is 0 Å². The first-order chi connectivity index (χ1) is 10.2. The number of carbonyl (C=O) groups is 1. The van der Waals surface area contributed by atoms with E-state index in [0.717, 1.165) is 26.1 Å². The summed E-state index contributed by atoms with van der Waals surface area (Å²) in [7, 11) is 0. The van der Waals surface area contributed by atoms with E-state index in [0.29, 0.717) is 35.0 Å². The van der Waals surface area contributed by atoms with Crippen LogP contribution >= 0.6 is 11.3 Å². The number of anilines is 1. The highest BCUT2D eigenvalue weighted by Gasteiger charge is 2.43. The minimum absolute atomic E-state index is 0.0136. The monoisotopic (exact) mass is 304 g/mol. The van der Waals surface area contributed by atoms with E-state index in [1.54, 1.807) is 6.07 Å². The Morgan fingerprint density at radius 2 is 2.48 bits per heavy atom. The van der Waals surface area contributed by atoms with Crippen LogP contribution in [-0.2, 0) is 4.79 Å². The molecule has 0 radical (unpaired) electrons. The normalized spacial score (nSPS) is 28.3. The molecule has 2 fully saturated rings. The molecule has 3 atom stereocenters. The Morgan fingerprint density at radius 3 is 3.24 bits per heavy atom. The van der Waals surface area contributed by atoms with E-state index < -0.39 is 0 Å². The van der Waals surface area contributed by atoms with Gasteiger partial charge in [-0.1, -0.05) is 6.92 Å².